The second-order valence-corrected chi connectivity index (χ2v) is 5.83. The average molecular weight is 307 g/mol. The molecule has 1 amide bonds. The maximum atomic E-state index is 11.7. The lowest BCUT2D eigenvalue weighted by Crippen LogP contribution is -2.14. The van der Waals surface area contributed by atoms with Gasteiger partial charge in [-0.25, -0.2) is 9.67 Å². The van der Waals surface area contributed by atoms with Gasteiger partial charge in [-0.3, -0.25) is 4.79 Å². The van der Waals surface area contributed by atoms with Crippen molar-refractivity contribution in [2.45, 2.75) is 34.1 Å². The monoisotopic (exact) mass is 306 g/mol. The SMILES string of the molecule is Cc1nn(-c2ccc(NC(=O)CC(C)C)cn2)c(C)c1Cl. The van der Waals surface area contributed by atoms with Crippen LogP contribution in [0.15, 0.2) is 18.3 Å². The van der Waals surface area contributed by atoms with E-state index in [-0.39, 0.29) is 5.91 Å². The summed E-state index contributed by atoms with van der Waals surface area (Å²) in [7, 11) is 0. The van der Waals surface area contributed by atoms with Crippen molar-refractivity contribution >= 4 is 23.2 Å². The molecule has 1 N–H and O–H groups in total. The highest BCUT2D eigenvalue weighted by Gasteiger charge is 2.12. The molecule has 0 radical (unpaired) electrons. The first kappa shape index (κ1) is 15.5. The third-order valence-corrected chi connectivity index (χ3v) is 3.59. The van der Waals surface area contributed by atoms with Gasteiger partial charge in [-0.15, -0.1) is 0 Å². The van der Waals surface area contributed by atoms with E-state index in [4.69, 9.17) is 11.6 Å². The Kier molecular flexibility index (Phi) is 4.63. The van der Waals surface area contributed by atoms with Crippen molar-refractivity contribution in [3.63, 3.8) is 0 Å². The summed E-state index contributed by atoms with van der Waals surface area (Å²) in [6.45, 7) is 7.76. The molecule has 0 bridgehead atoms. The number of nitrogens with zero attached hydrogens (tertiary/aromatic N) is 3. The van der Waals surface area contributed by atoms with E-state index in [0.29, 0.717) is 28.9 Å². The van der Waals surface area contributed by atoms with Crippen molar-refractivity contribution in [1.29, 1.82) is 0 Å². The number of amides is 1. The fourth-order valence-corrected chi connectivity index (χ4v) is 2.13. The van der Waals surface area contributed by atoms with E-state index in [0.717, 1.165) is 11.4 Å². The minimum atomic E-state index is -0.00583. The molecule has 0 saturated heterocycles. The summed E-state index contributed by atoms with van der Waals surface area (Å²) in [5.74, 6) is 0.993. The molecule has 112 valence electrons. The van der Waals surface area contributed by atoms with E-state index >= 15 is 0 Å². The number of halogens is 1. The quantitative estimate of drug-likeness (QED) is 0.940. The molecule has 6 heteroatoms. The number of pyridine rings is 1. The normalized spacial score (nSPS) is 11.0. The van der Waals surface area contributed by atoms with Crippen molar-refractivity contribution < 1.29 is 4.79 Å². The van der Waals surface area contributed by atoms with Gasteiger partial charge in [-0.05, 0) is 31.9 Å². The number of aryl methyl sites for hydroxylation is 1. The molecule has 2 heterocycles. The summed E-state index contributed by atoms with van der Waals surface area (Å²) in [6.07, 6.45) is 2.12. The zero-order valence-electron chi connectivity index (χ0n) is 12.6. The Morgan fingerprint density at radius 1 is 1.38 bits per heavy atom. The van der Waals surface area contributed by atoms with E-state index in [1.54, 1.807) is 16.9 Å². The second kappa shape index (κ2) is 6.26. The van der Waals surface area contributed by atoms with Crippen LogP contribution in [0.2, 0.25) is 5.02 Å². The summed E-state index contributed by atoms with van der Waals surface area (Å²) >= 11 is 6.13. The number of aromatic nitrogens is 3. The van der Waals surface area contributed by atoms with Gasteiger partial charge < -0.3 is 5.32 Å². The van der Waals surface area contributed by atoms with Crippen molar-refractivity contribution in [2.75, 3.05) is 5.32 Å². The van der Waals surface area contributed by atoms with Crippen LogP contribution in [0.1, 0.15) is 31.7 Å². The molecule has 0 atom stereocenters. The number of rotatable bonds is 4. The molecule has 2 aromatic heterocycles. The Morgan fingerprint density at radius 3 is 2.57 bits per heavy atom. The maximum Gasteiger partial charge on any atom is 0.224 e. The Labute approximate surface area is 129 Å². The number of hydrogen-bond donors (Lipinski definition) is 1. The van der Waals surface area contributed by atoms with Crippen LogP contribution in [0.5, 0.6) is 0 Å². The highest BCUT2D eigenvalue weighted by Crippen LogP contribution is 2.22. The van der Waals surface area contributed by atoms with E-state index in [1.165, 1.54) is 0 Å². The third-order valence-electron chi connectivity index (χ3n) is 3.05. The Hall–Kier alpha value is -1.88. The molecule has 0 aliphatic carbocycles. The maximum absolute atomic E-state index is 11.7. The minimum absolute atomic E-state index is 0.00583. The first-order valence-corrected chi connectivity index (χ1v) is 7.24. The first-order chi connectivity index (χ1) is 9.88. The average Bonchev–Trinajstić information content (AvgIpc) is 2.66. The summed E-state index contributed by atoms with van der Waals surface area (Å²) in [6, 6.07) is 3.62. The van der Waals surface area contributed by atoms with Gasteiger partial charge in [-0.2, -0.15) is 5.10 Å². The number of anilines is 1. The molecule has 0 fully saturated rings. The van der Waals surface area contributed by atoms with Gasteiger partial charge in [0, 0.05) is 6.42 Å². The van der Waals surface area contributed by atoms with Gasteiger partial charge in [0.15, 0.2) is 5.82 Å². The zero-order valence-corrected chi connectivity index (χ0v) is 13.4. The van der Waals surface area contributed by atoms with Crippen molar-refractivity contribution in [1.82, 2.24) is 14.8 Å². The molecule has 0 spiro atoms. The zero-order chi connectivity index (χ0) is 15.6. The predicted octanol–water partition coefficient (Wildman–Crippen LogP) is 3.52. The van der Waals surface area contributed by atoms with Crippen LogP contribution >= 0.6 is 11.6 Å². The van der Waals surface area contributed by atoms with Gasteiger partial charge in [-0.1, -0.05) is 25.4 Å². The molecule has 0 unspecified atom stereocenters. The van der Waals surface area contributed by atoms with Crippen LogP contribution in [-0.2, 0) is 4.79 Å². The second-order valence-electron chi connectivity index (χ2n) is 5.45. The van der Waals surface area contributed by atoms with E-state index in [2.05, 4.69) is 15.4 Å². The fourth-order valence-electron chi connectivity index (χ4n) is 2.01. The van der Waals surface area contributed by atoms with Crippen LogP contribution in [0.4, 0.5) is 5.69 Å². The summed E-state index contributed by atoms with van der Waals surface area (Å²) in [4.78, 5) is 16.0. The fraction of sp³-hybridized carbons (Fsp3) is 0.400. The molecule has 0 saturated carbocycles. The smallest absolute Gasteiger partial charge is 0.224 e. The molecular weight excluding hydrogens is 288 g/mol. The van der Waals surface area contributed by atoms with Crippen LogP contribution in [0.25, 0.3) is 5.82 Å². The van der Waals surface area contributed by atoms with Gasteiger partial charge in [0.25, 0.3) is 0 Å². The lowest BCUT2D eigenvalue weighted by molar-refractivity contribution is -0.116. The molecular formula is C15H19ClN4O. The Morgan fingerprint density at radius 2 is 2.10 bits per heavy atom. The summed E-state index contributed by atoms with van der Waals surface area (Å²) < 4.78 is 1.69. The number of carbonyl (C=O) groups is 1. The Balaban J connectivity index is 2.15. The molecule has 2 aromatic rings. The lowest BCUT2D eigenvalue weighted by atomic mass is 10.1. The van der Waals surface area contributed by atoms with E-state index < -0.39 is 0 Å². The highest BCUT2D eigenvalue weighted by atomic mass is 35.5. The van der Waals surface area contributed by atoms with Gasteiger partial charge in [0.05, 0.1) is 28.3 Å². The molecule has 21 heavy (non-hydrogen) atoms. The van der Waals surface area contributed by atoms with E-state index in [9.17, 15) is 4.79 Å². The van der Waals surface area contributed by atoms with Crippen LogP contribution in [0.3, 0.4) is 0 Å². The number of carbonyl (C=O) groups excluding carboxylic acids is 1. The highest BCUT2D eigenvalue weighted by molar-refractivity contribution is 6.31. The molecule has 5 nitrogen and oxygen atoms in total. The van der Waals surface area contributed by atoms with Crippen molar-refractivity contribution in [3.8, 4) is 5.82 Å². The van der Waals surface area contributed by atoms with Gasteiger partial charge in [0.2, 0.25) is 5.91 Å². The third kappa shape index (κ3) is 3.61. The van der Waals surface area contributed by atoms with Crippen molar-refractivity contribution in [2.24, 2.45) is 5.92 Å². The van der Waals surface area contributed by atoms with Crippen LogP contribution in [0, 0.1) is 19.8 Å². The van der Waals surface area contributed by atoms with Crippen LogP contribution in [-0.4, -0.2) is 20.7 Å². The molecule has 0 aliphatic rings. The topological polar surface area (TPSA) is 59.8 Å². The van der Waals surface area contributed by atoms with Gasteiger partial charge in [0.1, 0.15) is 0 Å². The molecule has 2 rings (SSSR count). The minimum Gasteiger partial charge on any atom is -0.325 e. The van der Waals surface area contributed by atoms with Crippen molar-refractivity contribution in [3.05, 3.63) is 34.7 Å². The summed E-state index contributed by atoms with van der Waals surface area (Å²) in [5.41, 5.74) is 2.29. The van der Waals surface area contributed by atoms with Gasteiger partial charge >= 0.3 is 0 Å². The first-order valence-electron chi connectivity index (χ1n) is 6.86. The largest absolute Gasteiger partial charge is 0.325 e. The summed E-state index contributed by atoms with van der Waals surface area (Å²) in [5, 5.41) is 7.82. The predicted molar refractivity (Wildman–Crippen MR) is 83.9 cm³/mol. The lowest BCUT2D eigenvalue weighted by Gasteiger charge is -2.08. The number of hydrogen-bond acceptors (Lipinski definition) is 3. The van der Waals surface area contributed by atoms with E-state index in [1.807, 2.05) is 33.8 Å². The Bertz CT molecular complexity index is 646. The van der Waals surface area contributed by atoms with Crippen LogP contribution < -0.4 is 5.32 Å². The standard InChI is InChI=1S/C15H19ClN4O/c1-9(2)7-14(21)18-12-5-6-13(17-8-12)20-11(4)15(16)10(3)19-20/h5-6,8-9H,7H2,1-4H3,(H,18,21). The number of nitrogens with one attached hydrogen (secondary N) is 1. The molecule has 0 aromatic carbocycles. The molecule has 0 aliphatic heterocycles.